The average Bonchev–Trinajstić information content (AvgIpc) is 3.45. The first-order valence-electron chi connectivity index (χ1n) is 9.58. The summed E-state index contributed by atoms with van der Waals surface area (Å²) in [6.07, 6.45) is 2.28. The molecule has 0 spiro atoms. The van der Waals surface area contributed by atoms with E-state index in [1.54, 1.807) is 10.9 Å². The zero-order chi connectivity index (χ0) is 20.8. The van der Waals surface area contributed by atoms with Crippen molar-refractivity contribution in [2.75, 3.05) is 0 Å². The third-order valence-electron chi connectivity index (χ3n) is 4.49. The molecule has 1 N–H and O–H groups in total. The van der Waals surface area contributed by atoms with E-state index in [2.05, 4.69) is 20.8 Å². The van der Waals surface area contributed by atoms with E-state index in [1.165, 1.54) is 11.8 Å². The van der Waals surface area contributed by atoms with Crippen molar-refractivity contribution in [2.24, 2.45) is 0 Å². The molecule has 1 amide bonds. The van der Waals surface area contributed by atoms with Crippen molar-refractivity contribution >= 4 is 17.7 Å². The van der Waals surface area contributed by atoms with Crippen LogP contribution < -0.4 is 5.32 Å². The van der Waals surface area contributed by atoms with Crippen molar-refractivity contribution in [2.45, 2.75) is 30.0 Å². The van der Waals surface area contributed by atoms with Crippen molar-refractivity contribution in [1.82, 2.24) is 25.5 Å². The molecule has 0 saturated heterocycles. The van der Waals surface area contributed by atoms with Crippen LogP contribution in [0.25, 0.3) is 5.69 Å². The van der Waals surface area contributed by atoms with E-state index in [0.29, 0.717) is 23.6 Å². The molecule has 4 rings (SSSR count). The van der Waals surface area contributed by atoms with Crippen LogP contribution in [0.3, 0.4) is 0 Å². The minimum Gasteiger partial charge on any atom is -0.469 e. The van der Waals surface area contributed by atoms with Gasteiger partial charge in [-0.15, -0.1) is 16.9 Å². The number of carbonyl (C=O) groups is 1. The number of hydrogen-bond donors (Lipinski definition) is 1. The zero-order valence-electron chi connectivity index (χ0n) is 16.4. The number of rotatable bonds is 8. The first-order valence-corrected chi connectivity index (χ1v) is 10.6. The monoisotopic (exact) mass is 419 g/mol. The molecular formula is C22H21N5O2S. The van der Waals surface area contributed by atoms with E-state index in [0.717, 1.165) is 16.3 Å². The Balaban J connectivity index is 1.44. The van der Waals surface area contributed by atoms with E-state index in [-0.39, 0.29) is 11.9 Å². The lowest BCUT2D eigenvalue weighted by Crippen LogP contribution is -2.34. The molecule has 0 radical (unpaired) electrons. The predicted octanol–water partition coefficient (Wildman–Crippen LogP) is 3.91. The molecule has 1 atom stereocenters. The fourth-order valence-corrected chi connectivity index (χ4v) is 4.03. The van der Waals surface area contributed by atoms with Crippen LogP contribution in [-0.4, -0.2) is 32.2 Å². The molecule has 8 heteroatoms. The second-order valence-electron chi connectivity index (χ2n) is 6.79. The van der Waals surface area contributed by atoms with Gasteiger partial charge in [0.1, 0.15) is 5.76 Å². The lowest BCUT2D eigenvalue weighted by Gasteiger charge is -2.14. The van der Waals surface area contributed by atoms with Gasteiger partial charge < -0.3 is 9.73 Å². The third-order valence-corrected chi connectivity index (χ3v) is 5.56. The number of nitrogens with one attached hydrogen (secondary N) is 1. The molecule has 152 valence electrons. The summed E-state index contributed by atoms with van der Waals surface area (Å²) in [5.74, 6) is 1.99. The van der Waals surface area contributed by atoms with Crippen LogP contribution in [-0.2, 0) is 12.2 Å². The topological polar surface area (TPSA) is 85.8 Å². The second-order valence-corrected chi connectivity index (χ2v) is 7.80. The molecule has 2 aromatic heterocycles. The lowest BCUT2D eigenvalue weighted by atomic mass is 10.1. The van der Waals surface area contributed by atoms with E-state index in [1.807, 2.05) is 73.7 Å². The summed E-state index contributed by atoms with van der Waals surface area (Å²) in [6.45, 7) is 1.96. The van der Waals surface area contributed by atoms with Gasteiger partial charge in [0.05, 0.1) is 23.3 Å². The highest BCUT2D eigenvalue weighted by Crippen LogP contribution is 2.26. The van der Waals surface area contributed by atoms with Gasteiger partial charge in [-0.3, -0.25) is 4.79 Å². The average molecular weight is 420 g/mol. The Morgan fingerprint density at radius 1 is 1.10 bits per heavy atom. The van der Waals surface area contributed by atoms with Gasteiger partial charge in [-0.05, 0) is 53.7 Å². The molecule has 2 aromatic carbocycles. The molecule has 0 fully saturated rings. The zero-order valence-corrected chi connectivity index (χ0v) is 17.2. The van der Waals surface area contributed by atoms with E-state index >= 15 is 0 Å². The SMILES string of the molecule is CC(Cc1ccco1)NC(=O)c1ccccc1SCc1nnnn1-c1ccccc1. The Bertz CT molecular complexity index is 1100. The summed E-state index contributed by atoms with van der Waals surface area (Å²) in [7, 11) is 0. The fraction of sp³-hybridized carbons (Fsp3) is 0.182. The number of furan rings is 1. The molecule has 0 saturated carbocycles. The number of amides is 1. The molecule has 0 aliphatic carbocycles. The van der Waals surface area contributed by atoms with Gasteiger partial charge in [0.15, 0.2) is 5.82 Å². The van der Waals surface area contributed by atoms with E-state index in [4.69, 9.17) is 4.42 Å². The van der Waals surface area contributed by atoms with Crippen molar-refractivity contribution in [1.29, 1.82) is 0 Å². The second kappa shape index (κ2) is 9.41. The van der Waals surface area contributed by atoms with Crippen molar-refractivity contribution in [3.8, 4) is 5.69 Å². The summed E-state index contributed by atoms with van der Waals surface area (Å²) in [5, 5.41) is 15.1. The van der Waals surface area contributed by atoms with Gasteiger partial charge in [-0.25, -0.2) is 0 Å². The molecule has 2 heterocycles. The van der Waals surface area contributed by atoms with Gasteiger partial charge in [-0.1, -0.05) is 30.3 Å². The molecule has 4 aromatic rings. The number of benzene rings is 2. The van der Waals surface area contributed by atoms with Crippen LogP contribution >= 0.6 is 11.8 Å². The summed E-state index contributed by atoms with van der Waals surface area (Å²) in [5.41, 5.74) is 1.53. The van der Waals surface area contributed by atoms with Crippen molar-refractivity contribution in [3.05, 3.63) is 90.1 Å². The van der Waals surface area contributed by atoms with E-state index in [9.17, 15) is 4.79 Å². The Morgan fingerprint density at radius 3 is 2.70 bits per heavy atom. The van der Waals surface area contributed by atoms with Gasteiger partial charge in [0.25, 0.3) is 5.91 Å². The highest BCUT2D eigenvalue weighted by atomic mass is 32.2. The third kappa shape index (κ3) is 4.77. The Labute approximate surface area is 178 Å². The first-order chi connectivity index (χ1) is 14.7. The van der Waals surface area contributed by atoms with Gasteiger partial charge in [0.2, 0.25) is 0 Å². The Hall–Kier alpha value is -3.39. The van der Waals surface area contributed by atoms with Crippen LogP contribution in [0.1, 0.15) is 28.9 Å². The van der Waals surface area contributed by atoms with Crippen LogP contribution in [0.15, 0.2) is 82.3 Å². The van der Waals surface area contributed by atoms with Gasteiger partial charge >= 0.3 is 0 Å². The number of nitrogens with zero attached hydrogens (tertiary/aromatic N) is 4. The maximum atomic E-state index is 12.9. The predicted molar refractivity (Wildman–Crippen MR) is 114 cm³/mol. The van der Waals surface area contributed by atoms with Crippen LogP contribution in [0.2, 0.25) is 0 Å². The number of aromatic nitrogens is 4. The quantitative estimate of drug-likeness (QED) is 0.436. The molecule has 0 aliphatic heterocycles. The maximum absolute atomic E-state index is 12.9. The van der Waals surface area contributed by atoms with Gasteiger partial charge in [0, 0.05) is 17.4 Å². The molecular weight excluding hydrogens is 398 g/mol. The van der Waals surface area contributed by atoms with Crippen LogP contribution in [0.5, 0.6) is 0 Å². The number of carbonyl (C=O) groups excluding carboxylic acids is 1. The summed E-state index contributed by atoms with van der Waals surface area (Å²) in [4.78, 5) is 13.7. The van der Waals surface area contributed by atoms with Crippen LogP contribution in [0.4, 0.5) is 0 Å². The number of para-hydroxylation sites is 1. The Kier molecular flexibility index (Phi) is 6.24. The molecule has 7 nitrogen and oxygen atoms in total. The Morgan fingerprint density at radius 2 is 1.90 bits per heavy atom. The first kappa shape index (κ1) is 19.9. The molecule has 1 unspecified atom stereocenters. The lowest BCUT2D eigenvalue weighted by molar-refractivity contribution is 0.0936. The normalized spacial score (nSPS) is 11.9. The van der Waals surface area contributed by atoms with Crippen LogP contribution in [0, 0.1) is 0 Å². The largest absolute Gasteiger partial charge is 0.469 e. The summed E-state index contributed by atoms with van der Waals surface area (Å²) in [6, 6.07) is 21.0. The number of hydrogen-bond acceptors (Lipinski definition) is 6. The summed E-state index contributed by atoms with van der Waals surface area (Å²) >= 11 is 1.53. The molecule has 0 bridgehead atoms. The fourth-order valence-electron chi connectivity index (χ4n) is 3.07. The standard InChI is InChI=1S/C22H21N5O2S/c1-16(14-18-10-7-13-29-18)23-22(28)19-11-5-6-12-20(19)30-15-21-24-25-26-27(21)17-8-3-2-4-9-17/h2-13,16H,14-15H2,1H3,(H,23,28). The highest BCUT2D eigenvalue weighted by Gasteiger charge is 2.16. The van der Waals surface area contributed by atoms with Crippen molar-refractivity contribution < 1.29 is 9.21 Å². The minimum atomic E-state index is -0.111. The molecule has 30 heavy (non-hydrogen) atoms. The maximum Gasteiger partial charge on any atom is 0.252 e. The number of tetrazole rings is 1. The minimum absolute atomic E-state index is 0.0490. The molecule has 0 aliphatic rings. The van der Waals surface area contributed by atoms with E-state index < -0.39 is 0 Å². The van der Waals surface area contributed by atoms with Crippen molar-refractivity contribution in [3.63, 3.8) is 0 Å². The summed E-state index contributed by atoms with van der Waals surface area (Å²) < 4.78 is 7.08. The number of thioether (sulfide) groups is 1. The van der Waals surface area contributed by atoms with Gasteiger partial charge in [-0.2, -0.15) is 4.68 Å². The highest BCUT2D eigenvalue weighted by molar-refractivity contribution is 7.98. The smallest absolute Gasteiger partial charge is 0.252 e.